The summed E-state index contributed by atoms with van der Waals surface area (Å²) in [5, 5.41) is 0.194. The zero-order chi connectivity index (χ0) is 11.2. The van der Waals surface area contributed by atoms with Gasteiger partial charge in [0, 0.05) is 0 Å². The third-order valence-corrected chi connectivity index (χ3v) is 4.21. The fourth-order valence-electron chi connectivity index (χ4n) is 2.28. The van der Waals surface area contributed by atoms with Crippen LogP contribution in [0.1, 0.15) is 42.3 Å². The van der Waals surface area contributed by atoms with Crippen LogP contribution >= 0.6 is 11.6 Å². The first-order valence-corrected chi connectivity index (χ1v) is 6.07. The molecule has 0 radical (unpaired) electrons. The number of rotatable bonds is 2. The van der Waals surface area contributed by atoms with Crippen LogP contribution in [0.4, 0.5) is 0 Å². The first kappa shape index (κ1) is 11.0. The number of aryl methyl sites for hydroxylation is 2. The lowest BCUT2D eigenvalue weighted by atomic mass is 9.97. The average Bonchev–Trinajstić information content (AvgIpc) is 2.78. The van der Waals surface area contributed by atoms with E-state index in [2.05, 4.69) is 45.9 Å². The Morgan fingerprint density at radius 2 is 1.93 bits per heavy atom. The molecular formula is C14H19Cl. The fourth-order valence-corrected chi connectivity index (χ4v) is 2.95. The van der Waals surface area contributed by atoms with Gasteiger partial charge < -0.3 is 0 Å². The second kappa shape index (κ2) is 3.52. The van der Waals surface area contributed by atoms with Gasteiger partial charge in [-0.05, 0) is 42.7 Å². The maximum atomic E-state index is 6.57. The minimum atomic E-state index is 0.194. The van der Waals surface area contributed by atoms with Gasteiger partial charge in [-0.15, -0.1) is 11.6 Å². The molecule has 0 heterocycles. The maximum absolute atomic E-state index is 6.57. The van der Waals surface area contributed by atoms with E-state index in [-0.39, 0.29) is 5.38 Å². The molecule has 0 amide bonds. The van der Waals surface area contributed by atoms with Crippen molar-refractivity contribution in [3.05, 3.63) is 34.9 Å². The van der Waals surface area contributed by atoms with Crippen molar-refractivity contribution in [2.45, 2.75) is 39.5 Å². The van der Waals surface area contributed by atoms with Gasteiger partial charge in [0.2, 0.25) is 0 Å². The predicted octanol–water partition coefficient (Wildman–Crippen LogP) is 4.63. The van der Waals surface area contributed by atoms with Crippen molar-refractivity contribution in [1.29, 1.82) is 0 Å². The van der Waals surface area contributed by atoms with Gasteiger partial charge in [-0.25, -0.2) is 0 Å². The molecule has 2 atom stereocenters. The van der Waals surface area contributed by atoms with E-state index in [9.17, 15) is 0 Å². The molecule has 0 N–H and O–H groups in total. The molecule has 1 saturated carbocycles. The lowest BCUT2D eigenvalue weighted by Gasteiger charge is -2.15. The third-order valence-electron chi connectivity index (χ3n) is 3.67. The minimum absolute atomic E-state index is 0.194. The summed E-state index contributed by atoms with van der Waals surface area (Å²) in [6.07, 6.45) is 1.26. The van der Waals surface area contributed by atoms with Crippen LogP contribution < -0.4 is 0 Å². The Labute approximate surface area is 97.6 Å². The Morgan fingerprint density at radius 1 is 1.33 bits per heavy atom. The number of hydrogen-bond donors (Lipinski definition) is 0. The number of alkyl halides is 1. The predicted molar refractivity (Wildman–Crippen MR) is 66.4 cm³/mol. The van der Waals surface area contributed by atoms with E-state index in [0.717, 1.165) is 0 Å². The first-order valence-electron chi connectivity index (χ1n) is 5.63. The zero-order valence-corrected chi connectivity index (χ0v) is 10.7. The van der Waals surface area contributed by atoms with Gasteiger partial charge in [0.05, 0.1) is 5.38 Å². The maximum Gasteiger partial charge on any atom is 0.0621 e. The van der Waals surface area contributed by atoms with E-state index in [4.69, 9.17) is 11.6 Å². The second-order valence-electron chi connectivity index (χ2n) is 5.56. The van der Waals surface area contributed by atoms with Gasteiger partial charge in [0.15, 0.2) is 0 Å². The highest BCUT2D eigenvalue weighted by Gasteiger charge is 2.50. The largest absolute Gasteiger partial charge is 0.117 e. The molecule has 0 spiro atoms. The van der Waals surface area contributed by atoms with Crippen molar-refractivity contribution in [1.82, 2.24) is 0 Å². The molecule has 1 heteroatoms. The van der Waals surface area contributed by atoms with Crippen LogP contribution in [-0.2, 0) is 0 Å². The molecule has 2 unspecified atom stereocenters. The SMILES string of the molecule is Cc1ccc(C)c(C(Cl)C2CC2(C)C)c1. The molecule has 0 saturated heterocycles. The Balaban J connectivity index is 2.26. The summed E-state index contributed by atoms with van der Waals surface area (Å²) in [6, 6.07) is 6.57. The van der Waals surface area contributed by atoms with Crippen molar-refractivity contribution < 1.29 is 0 Å². The molecular weight excluding hydrogens is 204 g/mol. The molecule has 0 nitrogen and oxygen atoms in total. The molecule has 0 bridgehead atoms. The van der Waals surface area contributed by atoms with Crippen LogP contribution in [0.2, 0.25) is 0 Å². The third kappa shape index (κ3) is 2.06. The monoisotopic (exact) mass is 222 g/mol. The van der Waals surface area contributed by atoms with E-state index < -0.39 is 0 Å². The average molecular weight is 223 g/mol. The zero-order valence-electron chi connectivity index (χ0n) is 9.97. The van der Waals surface area contributed by atoms with Gasteiger partial charge in [-0.1, -0.05) is 37.6 Å². The molecule has 2 rings (SSSR count). The van der Waals surface area contributed by atoms with E-state index in [1.54, 1.807) is 0 Å². The molecule has 15 heavy (non-hydrogen) atoms. The summed E-state index contributed by atoms with van der Waals surface area (Å²) in [5.74, 6) is 0.652. The first-order chi connectivity index (χ1) is 6.92. The molecule has 82 valence electrons. The summed E-state index contributed by atoms with van der Waals surface area (Å²) >= 11 is 6.57. The molecule has 0 aliphatic heterocycles. The standard InChI is InChI=1S/C14H19Cl/c1-9-5-6-10(2)11(7-9)13(15)12-8-14(12,3)4/h5-7,12-13H,8H2,1-4H3. The summed E-state index contributed by atoms with van der Waals surface area (Å²) < 4.78 is 0. The van der Waals surface area contributed by atoms with Gasteiger partial charge in [0.25, 0.3) is 0 Å². The molecule has 1 aliphatic rings. The molecule has 1 aliphatic carbocycles. The van der Waals surface area contributed by atoms with Crippen LogP contribution in [0.25, 0.3) is 0 Å². The van der Waals surface area contributed by atoms with Gasteiger partial charge >= 0.3 is 0 Å². The van der Waals surface area contributed by atoms with Crippen molar-refractivity contribution in [2.75, 3.05) is 0 Å². The number of benzene rings is 1. The highest BCUT2D eigenvalue weighted by Crippen LogP contribution is 2.60. The van der Waals surface area contributed by atoms with Crippen LogP contribution in [0.5, 0.6) is 0 Å². The lowest BCUT2D eigenvalue weighted by Crippen LogP contribution is -2.01. The molecule has 1 fully saturated rings. The van der Waals surface area contributed by atoms with E-state index in [0.29, 0.717) is 11.3 Å². The smallest absolute Gasteiger partial charge is 0.0621 e. The Kier molecular flexibility index (Phi) is 2.58. The molecule has 0 aromatic heterocycles. The van der Waals surface area contributed by atoms with E-state index >= 15 is 0 Å². The van der Waals surface area contributed by atoms with Crippen molar-refractivity contribution in [3.63, 3.8) is 0 Å². The van der Waals surface area contributed by atoms with Gasteiger partial charge in [-0.3, -0.25) is 0 Å². The summed E-state index contributed by atoms with van der Waals surface area (Å²) in [6.45, 7) is 8.89. The van der Waals surface area contributed by atoms with E-state index in [1.807, 2.05) is 0 Å². The lowest BCUT2D eigenvalue weighted by molar-refractivity contribution is 0.547. The number of halogens is 1. The van der Waals surface area contributed by atoms with Crippen LogP contribution in [-0.4, -0.2) is 0 Å². The number of hydrogen-bond acceptors (Lipinski definition) is 0. The minimum Gasteiger partial charge on any atom is -0.117 e. The summed E-state index contributed by atoms with van der Waals surface area (Å²) in [7, 11) is 0. The molecule has 1 aromatic carbocycles. The molecule has 1 aromatic rings. The van der Waals surface area contributed by atoms with Crippen molar-refractivity contribution in [2.24, 2.45) is 11.3 Å². The Hall–Kier alpha value is -0.490. The van der Waals surface area contributed by atoms with Gasteiger partial charge in [0.1, 0.15) is 0 Å². The topological polar surface area (TPSA) is 0 Å². The summed E-state index contributed by atoms with van der Waals surface area (Å²) in [4.78, 5) is 0. The van der Waals surface area contributed by atoms with Crippen LogP contribution in [0, 0.1) is 25.2 Å². The quantitative estimate of drug-likeness (QED) is 0.640. The van der Waals surface area contributed by atoms with Gasteiger partial charge in [-0.2, -0.15) is 0 Å². The van der Waals surface area contributed by atoms with Crippen molar-refractivity contribution in [3.8, 4) is 0 Å². The summed E-state index contributed by atoms with van der Waals surface area (Å²) in [5.41, 5.74) is 4.40. The van der Waals surface area contributed by atoms with Crippen LogP contribution in [0.3, 0.4) is 0 Å². The normalized spacial score (nSPS) is 25.0. The fraction of sp³-hybridized carbons (Fsp3) is 0.571. The Morgan fingerprint density at radius 3 is 2.47 bits per heavy atom. The Bertz CT molecular complexity index is 379. The highest BCUT2D eigenvalue weighted by atomic mass is 35.5. The highest BCUT2D eigenvalue weighted by molar-refractivity contribution is 6.21. The van der Waals surface area contributed by atoms with Crippen molar-refractivity contribution >= 4 is 11.6 Å². The second-order valence-corrected chi connectivity index (χ2v) is 6.03. The van der Waals surface area contributed by atoms with Crippen LogP contribution in [0.15, 0.2) is 18.2 Å². The van der Waals surface area contributed by atoms with E-state index in [1.165, 1.54) is 23.1 Å².